The average molecular weight is 343 g/mol. The lowest BCUT2D eigenvalue weighted by atomic mass is 10.2. The van der Waals surface area contributed by atoms with Crippen molar-refractivity contribution in [1.82, 2.24) is 19.5 Å². The molecule has 2 N–H and O–H groups in total. The second-order valence-corrected chi connectivity index (χ2v) is 5.88. The number of rotatable bonds is 4. The summed E-state index contributed by atoms with van der Waals surface area (Å²) in [4.78, 5) is 24.7. The predicted octanol–water partition coefficient (Wildman–Crippen LogP) is 1.88. The first-order valence-electron chi connectivity index (χ1n) is 7.73. The summed E-state index contributed by atoms with van der Waals surface area (Å²) in [5, 5.41) is 9.35. The minimum atomic E-state index is -0.801. The Hall–Kier alpha value is -3.16. The molecule has 2 heterocycles. The number of carbonyl (C=O) groups excluding carboxylic acids is 2. The molecule has 0 aliphatic heterocycles. The molecule has 25 heavy (non-hydrogen) atoms. The van der Waals surface area contributed by atoms with Gasteiger partial charge in [-0.15, -0.1) is 0 Å². The Morgan fingerprint density at radius 1 is 1.28 bits per heavy atom. The molecule has 0 saturated carbocycles. The van der Waals surface area contributed by atoms with Gasteiger partial charge in [-0.1, -0.05) is 6.07 Å². The van der Waals surface area contributed by atoms with Crippen molar-refractivity contribution in [2.24, 2.45) is 7.05 Å². The van der Waals surface area contributed by atoms with Crippen molar-refractivity contribution in [1.29, 1.82) is 0 Å². The van der Waals surface area contributed by atoms with Gasteiger partial charge in [-0.2, -0.15) is 5.10 Å². The normalized spacial score (nSPS) is 12.2. The molecule has 0 spiro atoms. The maximum absolute atomic E-state index is 13.3. The summed E-state index contributed by atoms with van der Waals surface area (Å²) >= 11 is 0. The number of fused-ring (bicyclic) bond motifs is 1. The maximum atomic E-state index is 13.3. The monoisotopic (exact) mass is 343 g/mol. The van der Waals surface area contributed by atoms with E-state index in [9.17, 15) is 14.0 Å². The van der Waals surface area contributed by atoms with E-state index >= 15 is 0 Å². The second-order valence-electron chi connectivity index (χ2n) is 5.88. The van der Waals surface area contributed by atoms with Crippen LogP contribution in [-0.2, 0) is 11.8 Å². The fraction of sp³-hybridized carbons (Fsp3) is 0.235. The number of amides is 2. The fourth-order valence-corrected chi connectivity index (χ4v) is 2.52. The predicted molar refractivity (Wildman–Crippen MR) is 90.9 cm³/mol. The summed E-state index contributed by atoms with van der Waals surface area (Å²) < 4.78 is 16.7. The van der Waals surface area contributed by atoms with Crippen LogP contribution in [0.1, 0.15) is 22.8 Å². The van der Waals surface area contributed by atoms with Crippen LogP contribution in [0.5, 0.6) is 0 Å². The molecule has 0 saturated heterocycles. The lowest BCUT2D eigenvalue weighted by Gasteiger charge is -2.15. The van der Waals surface area contributed by atoms with Crippen molar-refractivity contribution in [3.8, 4) is 0 Å². The van der Waals surface area contributed by atoms with Crippen LogP contribution in [-0.4, -0.2) is 32.0 Å². The topological polar surface area (TPSA) is 80.4 Å². The summed E-state index contributed by atoms with van der Waals surface area (Å²) in [5.41, 5.74) is 2.11. The zero-order chi connectivity index (χ0) is 18.1. The van der Waals surface area contributed by atoms with Crippen molar-refractivity contribution in [2.45, 2.75) is 19.9 Å². The van der Waals surface area contributed by atoms with Gasteiger partial charge < -0.3 is 15.2 Å². The SMILES string of the molecule is Cc1ccc(F)cc1NC(=O)C(C)NC(=O)c1cnn2ccn(C)c12. The first kappa shape index (κ1) is 16.7. The smallest absolute Gasteiger partial charge is 0.257 e. The average Bonchev–Trinajstić information content (AvgIpc) is 3.14. The Bertz CT molecular complexity index is 959. The van der Waals surface area contributed by atoms with Crippen molar-refractivity contribution in [3.05, 3.63) is 53.7 Å². The van der Waals surface area contributed by atoms with Crippen molar-refractivity contribution >= 4 is 23.1 Å². The van der Waals surface area contributed by atoms with Gasteiger partial charge in [0.05, 0.1) is 6.20 Å². The molecule has 2 amide bonds. The third kappa shape index (κ3) is 3.23. The quantitative estimate of drug-likeness (QED) is 0.759. The van der Waals surface area contributed by atoms with Crippen LogP contribution in [0, 0.1) is 12.7 Å². The first-order chi connectivity index (χ1) is 11.9. The molecule has 7 nitrogen and oxygen atoms in total. The van der Waals surface area contributed by atoms with Gasteiger partial charge in [0.25, 0.3) is 5.91 Å². The minimum absolute atomic E-state index is 0.370. The minimum Gasteiger partial charge on any atom is -0.340 e. The summed E-state index contributed by atoms with van der Waals surface area (Å²) in [7, 11) is 1.80. The Morgan fingerprint density at radius 2 is 2.04 bits per heavy atom. The Labute approximate surface area is 143 Å². The van der Waals surface area contributed by atoms with E-state index in [0.717, 1.165) is 5.56 Å². The van der Waals surface area contributed by atoms with Gasteiger partial charge in [0.2, 0.25) is 5.91 Å². The largest absolute Gasteiger partial charge is 0.340 e. The highest BCUT2D eigenvalue weighted by Crippen LogP contribution is 2.16. The second kappa shape index (κ2) is 6.39. The summed E-state index contributed by atoms with van der Waals surface area (Å²) in [6, 6.07) is 3.34. The van der Waals surface area contributed by atoms with E-state index in [1.165, 1.54) is 18.3 Å². The molecule has 1 aromatic carbocycles. The fourth-order valence-electron chi connectivity index (χ4n) is 2.52. The van der Waals surface area contributed by atoms with Gasteiger partial charge in [-0.3, -0.25) is 9.59 Å². The maximum Gasteiger partial charge on any atom is 0.257 e. The lowest BCUT2D eigenvalue weighted by molar-refractivity contribution is -0.117. The van der Waals surface area contributed by atoms with Gasteiger partial charge in [0.15, 0.2) is 0 Å². The van der Waals surface area contributed by atoms with E-state index in [1.54, 1.807) is 48.4 Å². The summed E-state index contributed by atoms with van der Waals surface area (Å²) in [6.07, 6.45) is 4.96. The van der Waals surface area contributed by atoms with Crippen molar-refractivity contribution < 1.29 is 14.0 Å². The van der Waals surface area contributed by atoms with Crippen LogP contribution in [0.4, 0.5) is 10.1 Å². The number of imidazole rings is 1. The lowest BCUT2D eigenvalue weighted by Crippen LogP contribution is -2.41. The number of nitrogens with one attached hydrogen (secondary N) is 2. The van der Waals surface area contributed by atoms with Gasteiger partial charge in [0.1, 0.15) is 23.1 Å². The van der Waals surface area contributed by atoms with Crippen LogP contribution in [0.3, 0.4) is 0 Å². The molecule has 3 aromatic rings. The van der Waals surface area contributed by atoms with E-state index in [4.69, 9.17) is 0 Å². The van der Waals surface area contributed by atoms with Crippen molar-refractivity contribution in [2.75, 3.05) is 5.32 Å². The van der Waals surface area contributed by atoms with E-state index in [-0.39, 0.29) is 0 Å². The molecular weight excluding hydrogens is 325 g/mol. The summed E-state index contributed by atoms with van der Waals surface area (Å²) in [6.45, 7) is 3.32. The molecule has 8 heteroatoms. The van der Waals surface area contributed by atoms with Crippen LogP contribution >= 0.6 is 0 Å². The molecule has 1 atom stereocenters. The van der Waals surface area contributed by atoms with E-state index < -0.39 is 23.7 Å². The van der Waals surface area contributed by atoms with Crippen LogP contribution in [0.2, 0.25) is 0 Å². The number of benzene rings is 1. The number of hydrogen-bond donors (Lipinski definition) is 2. The Balaban J connectivity index is 1.71. The number of aryl methyl sites for hydroxylation is 2. The Kier molecular flexibility index (Phi) is 4.26. The van der Waals surface area contributed by atoms with Crippen LogP contribution in [0.25, 0.3) is 5.65 Å². The van der Waals surface area contributed by atoms with Gasteiger partial charge >= 0.3 is 0 Å². The van der Waals surface area contributed by atoms with Crippen LogP contribution < -0.4 is 10.6 Å². The number of anilines is 1. The molecule has 3 rings (SSSR count). The Morgan fingerprint density at radius 3 is 2.80 bits per heavy atom. The molecule has 0 aliphatic rings. The highest BCUT2D eigenvalue weighted by molar-refractivity contribution is 6.04. The van der Waals surface area contributed by atoms with Crippen LogP contribution in [0.15, 0.2) is 36.8 Å². The molecule has 0 fully saturated rings. The molecule has 0 aliphatic carbocycles. The van der Waals surface area contributed by atoms with E-state index in [1.807, 2.05) is 0 Å². The number of carbonyl (C=O) groups is 2. The molecule has 2 aromatic heterocycles. The molecule has 130 valence electrons. The zero-order valence-corrected chi connectivity index (χ0v) is 14.1. The number of halogens is 1. The van der Waals surface area contributed by atoms with Gasteiger partial charge in [-0.05, 0) is 31.5 Å². The van der Waals surface area contributed by atoms with E-state index in [0.29, 0.717) is 16.9 Å². The number of hydrogen-bond acceptors (Lipinski definition) is 3. The molecule has 0 radical (unpaired) electrons. The standard InChI is InChI=1S/C17H18FN5O2/c1-10-4-5-12(18)8-14(10)21-15(24)11(2)20-16(25)13-9-19-23-7-6-22(3)17(13)23/h4-9,11H,1-3H3,(H,20,25)(H,21,24). The van der Waals surface area contributed by atoms with Gasteiger partial charge in [0, 0.05) is 25.1 Å². The third-order valence-electron chi connectivity index (χ3n) is 3.98. The highest BCUT2D eigenvalue weighted by atomic mass is 19.1. The number of aromatic nitrogens is 3. The van der Waals surface area contributed by atoms with Gasteiger partial charge in [-0.25, -0.2) is 8.91 Å². The zero-order valence-electron chi connectivity index (χ0n) is 14.1. The third-order valence-corrected chi connectivity index (χ3v) is 3.98. The molecule has 1 unspecified atom stereocenters. The van der Waals surface area contributed by atoms with E-state index in [2.05, 4.69) is 15.7 Å². The molecular formula is C17H18FN5O2. The number of nitrogens with zero attached hydrogens (tertiary/aromatic N) is 3. The van der Waals surface area contributed by atoms with Crippen molar-refractivity contribution in [3.63, 3.8) is 0 Å². The summed E-state index contributed by atoms with van der Waals surface area (Å²) in [5.74, 6) is -1.28. The first-order valence-corrected chi connectivity index (χ1v) is 7.73. The molecule has 0 bridgehead atoms. The highest BCUT2D eigenvalue weighted by Gasteiger charge is 2.21.